The predicted molar refractivity (Wildman–Crippen MR) is 121 cm³/mol. The topological polar surface area (TPSA) is 76.0 Å². The summed E-state index contributed by atoms with van der Waals surface area (Å²) >= 11 is 6.09. The van der Waals surface area contributed by atoms with Crippen molar-refractivity contribution in [3.63, 3.8) is 0 Å². The van der Waals surface area contributed by atoms with Gasteiger partial charge in [-0.3, -0.25) is 9.36 Å². The maximum absolute atomic E-state index is 12.9. The monoisotopic (exact) mass is 418 g/mol. The number of aryl methyl sites for hydroxylation is 2. The number of benzene rings is 3. The van der Waals surface area contributed by atoms with Crippen molar-refractivity contribution in [1.82, 2.24) is 9.55 Å². The average molecular weight is 419 g/mol. The molecule has 2 N–H and O–H groups in total. The molecule has 3 aromatic carbocycles. The molecule has 0 aliphatic heterocycles. The molecule has 0 saturated heterocycles. The lowest BCUT2D eigenvalue weighted by atomic mass is 10.2. The molecule has 4 rings (SSSR count). The highest BCUT2D eigenvalue weighted by molar-refractivity contribution is 6.31. The van der Waals surface area contributed by atoms with Crippen LogP contribution in [0.4, 0.5) is 16.2 Å². The molecular weight excluding hydrogens is 400 g/mol. The Balaban J connectivity index is 1.55. The van der Waals surface area contributed by atoms with Crippen LogP contribution < -0.4 is 16.2 Å². The normalized spacial score (nSPS) is 10.8. The average Bonchev–Trinajstić information content (AvgIpc) is 2.72. The lowest BCUT2D eigenvalue weighted by Crippen LogP contribution is -2.22. The Labute approximate surface area is 178 Å². The Morgan fingerprint density at radius 2 is 1.60 bits per heavy atom. The lowest BCUT2D eigenvalue weighted by molar-refractivity contribution is 0.262. The number of carbonyl (C=O) groups is 1. The number of nitrogens with one attached hydrogen (secondary N) is 2. The van der Waals surface area contributed by atoms with Crippen LogP contribution >= 0.6 is 11.6 Å². The third kappa shape index (κ3) is 3.90. The standard InChI is InChI=1S/C23H19ClN4O2/c1-14-7-8-17(13-20(14)24)27-23(30)26-16-9-11-18(12-10-16)28-15(2)25-21-6-4-3-5-19(21)22(28)29/h3-13H,1-2H3,(H2,26,27,30). The zero-order chi connectivity index (χ0) is 21.3. The van der Waals surface area contributed by atoms with Crippen LogP contribution in [0, 0.1) is 13.8 Å². The molecule has 150 valence electrons. The van der Waals surface area contributed by atoms with E-state index >= 15 is 0 Å². The maximum Gasteiger partial charge on any atom is 0.323 e. The van der Waals surface area contributed by atoms with Gasteiger partial charge in [0.2, 0.25) is 0 Å². The summed E-state index contributed by atoms with van der Waals surface area (Å²) in [5.41, 5.74) is 3.34. The van der Waals surface area contributed by atoms with E-state index in [4.69, 9.17) is 11.6 Å². The van der Waals surface area contributed by atoms with Crippen molar-refractivity contribution < 1.29 is 4.79 Å². The summed E-state index contributed by atoms with van der Waals surface area (Å²) in [6.07, 6.45) is 0. The van der Waals surface area contributed by atoms with E-state index in [0.717, 1.165) is 5.56 Å². The molecule has 0 atom stereocenters. The number of fused-ring (bicyclic) bond motifs is 1. The second-order valence-corrected chi connectivity index (χ2v) is 7.31. The van der Waals surface area contributed by atoms with Crippen LogP contribution in [0.1, 0.15) is 11.4 Å². The van der Waals surface area contributed by atoms with Crippen LogP contribution in [0.25, 0.3) is 16.6 Å². The van der Waals surface area contributed by atoms with Crippen molar-refractivity contribution in [1.29, 1.82) is 0 Å². The number of para-hydroxylation sites is 1. The number of anilines is 2. The number of urea groups is 1. The van der Waals surface area contributed by atoms with E-state index in [1.807, 2.05) is 31.2 Å². The quantitative estimate of drug-likeness (QED) is 0.474. The molecule has 0 fully saturated rings. The van der Waals surface area contributed by atoms with Crippen molar-refractivity contribution in [2.75, 3.05) is 10.6 Å². The van der Waals surface area contributed by atoms with Crippen molar-refractivity contribution >= 4 is 39.9 Å². The summed E-state index contributed by atoms with van der Waals surface area (Å²) in [7, 11) is 0. The molecule has 1 heterocycles. The zero-order valence-electron chi connectivity index (χ0n) is 16.4. The highest BCUT2D eigenvalue weighted by Gasteiger charge is 2.10. The molecule has 0 aliphatic rings. The van der Waals surface area contributed by atoms with Gasteiger partial charge < -0.3 is 10.6 Å². The molecule has 0 saturated carbocycles. The number of hydrogen-bond donors (Lipinski definition) is 2. The number of nitrogens with zero attached hydrogens (tertiary/aromatic N) is 2. The fourth-order valence-electron chi connectivity index (χ4n) is 3.21. The first kappa shape index (κ1) is 19.7. The molecule has 4 aromatic rings. The predicted octanol–water partition coefficient (Wildman–Crippen LogP) is 5.30. The summed E-state index contributed by atoms with van der Waals surface area (Å²) in [6, 6.07) is 19.2. The Hall–Kier alpha value is -3.64. The molecule has 6 nitrogen and oxygen atoms in total. The van der Waals surface area contributed by atoms with Gasteiger partial charge in [0.15, 0.2) is 0 Å². The van der Waals surface area contributed by atoms with Crippen molar-refractivity contribution in [3.8, 4) is 5.69 Å². The first-order valence-electron chi connectivity index (χ1n) is 9.35. The van der Waals surface area contributed by atoms with Crippen LogP contribution in [-0.2, 0) is 0 Å². The van der Waals surface area contributed by atoms with Crippen LogP contribution in [0.3, 0.4) is 0 Å². The van der Waals surface area contributed by atoms with E-state index in [-0.39, 0.29) is 11.6 Å². The molecular formula is C23H19ClN4O2. The van der Waals surface area contributed by atoms with Gasteiger partial charge in [-0.2, -0.15) is 0 Å². The smallest absolute Gasteiger partial charge is 0.308 e. The first-order chi connectivity index (χ1) is 14.4. The minimum atomic E-state index is -0.386. The zero-order valence-corrected chi connectivity index (χ0v) is 17.2. The van der Waals surface area contributed by atoms with Gasteiger partial charge in [0.25, 0.3) is 5.56 Å². The number of aromatic nitrogens is 2. The Kier molecular flexibility index (Phi) is 5.25. The van der Waals surface area contributed by atoms with Crippen LogP contribution in [0.5, 0.6) is 0 Å². The Morgan fingerprint density at radius 3 is 2.33 bits per heavy atom. The van der Waals surface area contributed by atoms with Gasteiger partial charge in [-0.15, -0.1) is 0 Å². The molecule has 0 bridgehead atoms. The van der Waals surface area contributed by atoms with E-state index in [1.54, 1.807) is 54.0 Å². The SMILES string of the molecule is Cc1ccc(NC(=O)Nc2ccc(-n3c(C)nc4ccccc4c3=O)cc2)cc1Cl. The summed E-state index contributed by atoms with van der Waals surface area (Å²) in [4.78, 5) is 29.7. The summed E-state index contributed by atoms with van der Waals surface area (Å²) in [5.74, 6) is 0.591. The third-order valence-electron chi connectivity index (χ3n) is 4.76. The molecule has 0 spiro atoms. The number of carbonyl (C=O) groups excluding carboxylic acids is 1. The van der Waals surface area contributed by atoms with Crippen LogP contribution in [0.2, 0.25) is 5.02 Å². The summed E-state index contributed by atoms with van der Waals surface area (Å²) < 4.78 is 1.56. The van der Waals surface area contributed by atoms with Gasteiger partial charge in [0, 0.05) is 16.4 Å². The van der Waals surface area contributed by atoms with Gasteiger partial charge >= 0.3 is 6.03 Å². The van der Waals surface area contributed by atoms with Gasteiger partial charge in [-0.25, -0.2) is 9.78 Å². The van der Waals surface area contributed by atoms with Gasteiger partial charge in [-0.05, 0) is 67.9 Å². The van der Waals surface area contributed by atoms with E-state index in [0.29, 0.717) is 38.8 Å². The highest BCUT2D eigenvalue weighted by atomic mass is 35.5. The van der Waals surface area contributed by atoms with Crippen molar-refractivity contribution in [2.45, 2.75) is 13.8 Å². The number of halogens is 1. The second-order valence-electron chi connectivity index (χ2n) is 6.91. The lowest BCUT2D eigenvalue weighted by Gasteiger charge is -2.12. The molecule has 30 heavy (non-hydrogen) atoms. The first-order valence-corrected chi connectivity index (χ1v) is 9.73. The van der Waals surface area contributed by atoms with E-state index in [2.05, 4.69) is 15.6 Å². The second kappa shape index (κ2) is 8.00. The fourth-order valence-corrected chi connectivity index (χ4v) is 3.39. The largest absolute Gasteiger partial charge is 0.323 e. The van der Waals surface area contributed by atoms with E-state index in [9.17, 15) is 9.59 Å². The fraction of sp³-hybridized carbons (Fsp3) is 0.0870. The minimum Gasteiger partial charge on any atom is -0.308 e. The maximum atomic E-state index is 12.9. The summed E-state index contributed by atoms with van der Waals surface area (Å²) in [6.45, 7) is 3.69. The molecule has 7 heteroatoms. The van der Waals surface area contributed by atoms with Gasteiger partial charge in [0.05, 0.1) is 16.6 Å². The highest BCUT2D eigenvalue weighted by Crippen LogP contribution is 2.20. The van der Waals surface area contributed by atoms with Gasteiger partial charge in [0.1, 0.15) is 5.82 Å². The van der Waals surface area contributed by atoms with Gasteiger partial charge in [-0.1, -0.05) is 29.8 Å². The van der Waals surface area contributed by atoms with Crippen LogP contribution in [-0.4, -0.2) is 15.6 Å². The number of hydrogen-bond acceptors (Lipinski definition) is 3. The molecule has 2 amide bonds. The van der Waals surface area contributed by atoms with Crippen molar-refractivity contribution in [2.24, 2.45) is 0 Å². The third-order valence-corrected chi connectivity index (χ3v) is 5.16. The molecule has 0 unspecified atom stereocenters. The minimum absolute atomic E-state index is 0.132. The number of amides is 2. The van der Waals surface area contributed by atoms with E-state index < -0.39 is 0 Å². The summed E-state index contributed by atoms with van der Waals surface area (Å²) in [5, 5.41) is 6.65. The van der Waals surface area contributed by atoms with E-state index in [1.165, 1.54) is 0 Å². The molecule has 0 radical (unpaired) electrons. The molecule has 0 aliphatic carbocycles. The Morgan fingerprint density at radius 1 is 0.933 bits per heavy atom. The Bertz CT molecular complexity index is 1310. The number of rotatable bonds is 3. The molecule has 1 aromatic heterocycles. The van der Waals surface area contributed by atoms with Crippen LogP contribution in [0.15, 0.2) is 71.5 Å². The van der Waals surface area contributed by atoms with Crippen molar-refractivity contribution in [3.05, 3.63) is 93.5 Å².